The maximum absolute atomic E-state index is 12.9. The minimum absolute atomic E-state index is 0.0240. The largest absolute Gasteiger partial charge is 0.438 e. The summed E-state index contributed by atoms with van der Waals surface area (Å²) in [5.41, 5.74) is 11.6. The second-order valence-corrected chi connectivity index (χ2v) is 7.11. The second kappa shape index (κ2) is 7.48. The summed E-state index contributed by atoms with van der Waals surface area (Å²) in [5, 5.41) is 2.72. The van der Waals surface area contributed by atoms with E-state index in [0.29, 0.717) is 18.4 Å². The zero-order chi connectivity index (χ0) is 21.5. The average Bonchev–Trinajstić information content (AvgIpc) is 3.02. The molecule has 1 fully saturated rings. The molecular formula is C19H19F3N6O2. The Hall–Kier alpha value is -3.34. The van der Waals surface area contributed by atoms with Crippen LogP contribution in [0.3, 0.4) is 0 Å². The van der Waals surface area contributed by atoms with E-state index in [9.17, 15) is 18.0 Å². The Morgan fingerprint density at radius 1 is 1.33 bits per heavy atom. The van der Waals surface area contributed by atoms with E-state index in [1.807, 2.05) is 0 Å². The van der Waals surface area contributed by atoms with Crippen LogP contribution < -0.4 is 21.7 Å². The number of piperidine rings is 1. The fourth-order valence-corrected chi connectivity index (χ4v) is 3.54. The molecule has 0 spiro atoms. The minimum atomic E-state index is -4.59. The molecule has 11 heteroatoms. The predicted octanol–water partition coefficient (Wildman–Crippen LogP) is 3.00. The number of nitrogens with two attached hydrogens (primary N) is 2. The predicted molar refractivity (Wildman–Crippen MR) is 105 cm³/mol. The number of rotatable bonds is 3. The van der Waals surface area contributed by atoms with Gasteiger partial charge in [-0.15, -0.1) is 0 Å². The van der Waals surface area contributed by atoms with Crippen molar-refractivity contribution in [3.63, 3.8) is 0 Å². The number of carbonyl (C=O) groups excluding carboxylic acids is 1. The number of halogens is 3. The standard InChI is InChI=1S/C19H19F3N6O2/c20-19(21,22)10-6-14-16(26-7-10)15(17(24)30-14)18(29)27-12-8-25-4-3-13(12)28-5-1-2-11(23)9-28/h3-4,6-8,11H,1-2,5,9,23-24H2,(H,27,29). The second-order valence-electron chi connectivity index (χ2n) is 7.11. The molecule has 4 heterocycles. The quantitative estimate of drug-likeness (QED) is 0.595. The van der Waals surface area contributed by atoms with Crippen LogP contribution >= 0.6 is 0 Å². The lowest BCUT2D eigenvalue weighted by Gasteiger charge is -2.33. The molecule has 158 valence electrons. The molecule has 3 aromatic heterocycles. The highest BCUT2D eigenvalue weighted by Crippen LogP contribution is 2.34. The first-order valence-electron chi connectivity index (χ1n) is 9.25. The van der Waals surface area contributed by atoms with E-state index in [4.69, 9.17) is 15.9 Å². The minimum Gasteiger partial charge on any atom is -0.438 e. The van der Waals surface area contributed by atoms with Crippen molar-refractivity contribution in [2.24, 2.45) is 5.73 Å². The van der Waals surface area contributed by atoms with E-state index < -0.39 is 17.6 Å². The number of nitrogens with one attached hydrogen (secondary N) is 1. The van der Waals surface area contributed by atoms with Gasteiger partial charge in [0.2, 0.25) is 5.88 Å². The Kier molecular flexibility index (Phi) is 4.98. The van der Waals surface area contributed by atoms with E-state index in [-0.39, 0.29) is 28.6 Å². The van der Waals surface area contributed by atoms with Crippen molar-refractivity contribution in [1.82, 2.24) is 9.97 Å². The fraction of sp³-hybridized carbons (Fsp3) is 0.316. The van der Waals surface area contributed by atoms with Crippen molar-refractivity contribution in [2.75, 3.05) is 29.0 Å². The Labute approximate surface area is 169 Å². The van der Waals surface area contributed by atoms with Crippen LogP contribution in [0.4, 0.5) is 30.4 Å². The van der Waals surface area contributed by atoms with Gasteiger partial charge in [0.1, 0.15) is 11.1 Å². The van der Waals surface area contributed by atoms with E-state index in [1.54, 1.807) is 12.3 Å². The molecule has 4 rings (SSSR count). The monoisotopic (exact) mass is 420 g/mol. The van der Waals surface area contributed by atoms with E-state index in [1.165, 1.54) is 6.20 Å². The first-order valence-corrected chi connectivity index (χ1v) is 9.25. The summed E-state index contributed by atoms with van der Waals surface area (Å²) in [6.07, 6.45) is 0.978. The zero-order valence-electron chi connectivity index (χ0n) is 15.7. The van der Waals surface area contributed by atoms with Gasteiger partial charge in [0.25, 0.3) is 5.91 Å². The number of aromatic nitrogens is 2. The normalized spacial score (nSPS) is 17.3. The van der Waals surface area contributed by atoms with Gasteiger partial charge >= 0.3 is 6.18 Å². The van der Waals surface area contributed by atoms with Crippen LogP contribution in [0.25, 0.3) is 11.1 Å². The van der Waals surface area contributed by atoms with Crippen LogP contribution in [0.15, 0.2) is 35.1 Å². The molecular weight excluding hydrogens is 401 g/mol. The molecule has 0 saturated carbocycles. The highest BCUT2D eigenvalue weighted by molar-refractivity contribution is 6.15. The number of nitrogens with zero attached hydrogens (tertiary/aromatic N) is 3. The van der Waals surface area contributed by atoms with Crippen molar-refractivity contribution < 1.29 is 22.4 Å². The van der Waals surface area contributed by atoms with E-state index in [0.717, 1.165) is 31.1 Å². The number of alkyl halides is 3. The lowest BCUT2D eigenvalue weighted by Crippen LogP contribution is -2.43. The highest BCUT2D eigenvalue weighted by Gasteiger charge is 2.33. The lowest BCUT2D eigenvalue weighted by molar-refractivity contribution is -0.137. The number of nitrogen functional groups attached to an aromatic ring is 1. The Bertz CT molecular complexity index is 1100. The van der Waals surface area contributed by atoms with Gasteiger partial charge in [-0.2, -0.15) is 13.2 Å². The topological polar surface area (TPSA) is 123 Å². The van der Waals surface area contributed by atoms with Gasteiger partial charge < -0.3 is 26.1 Å². The molecule has 1 atom stereocenters. The SMILES string of the molecule is Nc1oc2cc(C(F)(F)F)cnc2c1C(=O)Nc1cnccc1N1CCCC(N)C1. The molecule has 1 aliphatic heterocycles. The summed E-state index contributed by atoms with van der Waals surface area (Å²) in [6, 6.07) is 2.55. The summed E-state index contributed by atoms with van der Waals surface area (Å²) in [6.45, 7) is 1.41. The van der Waals surface area contributed by atoms with Crippen LogP contribution in [0.1, 0.15) is 28.8 Å². The Balaban J connectivity index is 1.65. The van der Waals surface area contributed by atoms with Gasteiger partial charge in [-0.05, 0) is 25.0 Å². The maximum atomic E-state index is 12.9. The van der Waals surface area contributed by atoms with Gasteiger partial charge in [-0.1, -0.05) is 0 Å². The molecule has 0 bridgehead atoms. The molecule has 0 radical (unpaired) electrons. The van der Waals surface area contributed by atoms with Crippen LogP contribution in [-0.2, 0) is 6.18 Å². The van der Waals surface area contributed by atoms with Gasteiger partial charge in [0, 0.05) is 31.5 Å². The van der Waals surface area contributed by atoms with Crippen LogP contribution in [0.5, 0.6) is 0 Å². The summed E-state index contributed by atoms with van der Waals surface area (Å²) < 4.78 is 43.9. The lowest BCUT2D eigenvalue weighted by atomic mass is 10.1. The third kappa shape index (κ3) is 3.75. The number of carbonyl (C=O) groups is 1. The third-order valence-electron chi connectivity index (χ3n) is 4.96. The molecule has 0 aliphatic carbocycles. The summed E-state index contributed by atoms with van der Waals surface area (Å²) in [5.74, 6) is -0.978. The molecule has 1 unspecified atom stereocenters. The van der Waals surface area contributed by atoms with Gasteiger partial charge in [-0.3, -0.25) is 14.8 Å². The highest BCUT2D eigenvalue weighted by atomic mass is 19.4. The number of amides is 1. The number of anilines is 3. The Morgan fingerprint density at radius 2 is 2.13 bits per heavy atom. The average molecular weight is 420 g/mol. The Morgan fingerprint density at radius 3 is 2.87 bits per heavy atom. The first-order chi connectivity index (χ1) is 14.2. The molecule has 0 aromatic carbocycles. The van der Waals surface area contributed by atoms with Crippen molar-refractivity contribution in [1.29, 1.82) is 0 Å². The molecule has 3 aromatic rings. The zero-order valence-corrected chi connectivity index (χ0v) is 15.7. The number of pyridine rings is 2. The summed E-state index contributed by atoms with van der Waals surface area (Å²) in [7, 11) is 0. The third-order valence-corrected chi connectivity index (χ3v) is 4.96. The molecule has 1 amide bonds. The van der Waals surface area contributed by atoms with Crippen molar-refractivity contribution in [3.8, 4) is 0 Å². The number of fused-ring (bicyclic) bond motifs is 1. The molecule has 5 N–H and O–H groups in total. The van der Waals surface area contributed by atoms with Gasteiger partial charge in [0.05, 0.1) is 23.1 Å². The number of hydrogen-bond acceptors (Lipinski definition) is 7. The van der Waals surface area contributed by atoms with Gasteiger partial charge in [0.15, 0.2) is 5.58 Å². The fourth-order valence-electron chi connectivity index (χ4n) is 3.54. The van der Waals surface area contributed by atoms with E-state index in [2.05, 4.69) is 20.2 Å². The number of hydrogen-bond donors (Lipinski definition) is 3. The van der Waals surface area contributed by atoms with E-state index >= 15 is 0 Å². The van der Waals surface area contributed by atoms with Crippen molar-refractivity contribution >= 4 is 34.3 Å². The molecule has 1 aliphatic rings. The smallest absolute Gasteiger partial charge is 0.418 e. The van der Waals surface area contributed by atoms with Crippen LogP contribution in [0.2, 0.25) is 0 Å². The van der Waals surface area contributed by atoms with Gasteiger partial charge in [-0.25, -0.2) is 0 Å². The van der Waals surface area contributed by atoms with Crippen molar-refractivity contribution in [2.45, 2.75) is 25.1 Å². The summed E-state index contributed by atoms with van der Waals surface area (Å²) >= 11 is 0. The maximum Gasteiger partial charge on any atom is 0.418 e. The molecule has 1 saturated heterocycles. The molecule has 8 nitrogen and oxygen atoms in total. The van der Waals surface area contributed by atoms with Crippen LogP contribution in [0, 0.1) is 0 Å². The summed E-state index contributed by atoms with van der Waals surface area (Å²) in [4.78, 5) is 22.8. The molecule has 30 heavy (non-hydrogen) atoms. The van der Waals surface area contributed by atoms with Crippen LogP contribution in [-0.4, -0.2) is 35.0 Å². The van der Waals surface area contributed by atoms with Crippen molar-refractivity contribution in [3.05, 3.63) is 41.9 Å². The first kappa shape index (κ1) is 20.0. The number of furan rings is 1.